The normalized spacial score (nSPS) is 11.6. The first kappa shape index (κ1) is 18.7. The zero-order chi connectivity index (χ0) is 18.2. The van der Waals surface area contributed by atoms with E-state index in [9.17, 15) is 9.59 Å². The summed E-state index contributed by atoms with van der Waals surface area (Å²) in [4.78, 5) is 24.2. The number of benzene rings is 2. The van der Waals surface area contributed by atoms with Crippen molar-refractivity contribution in [3.63, 3.8) is 0 Å². The molecule has 4 N–H and O–H groups in total. The van der Waals surface area contributed by atoms with Gasteiger partial charge >= 0.3 is 0 Å². The van der Waals surface area contributed by atoms with Gasteiger partial charge in [0.25, 0.3) is 0 Å². The molecular weight excluding hydrogens is 314 g/mol. The standard InChI is InChI=1S/C20H25N3O2/c1-3-8-19(24)22-17-11-7-12-18(14(17)2)23-20(25)16(21)13-15-9-5-4-6-10-15/h4-7,9-12,16H,3,8,13,21H2,1-2H3,(H,22,24)(H,23,25)/t16-/m0/s1. The Bertz CT molecular complexity index is 729. The topological polar surface area (TPSA) is 84.2 Å². The molecule has 2 rings (SSSR count). The molecule has 5 heteroatoms. The number of rotatable bonds is 7. The fourth-order valence-electron chi connectivity index (χ4n) is 2.53. The van der Waals surface area contributed by atoms with Crippen LogP contribution in [0, 0.1) is 6.92 Å². The van der Waals surface area contributed by atoms with Gasteiger partial charge in [0.15, 0.2) is 0 Å². The summed E-state index contributed by atoms with van der Waals surface area (Å²) in [5.74, 6) is -0.279. The molecular formula is C20H25N3O2. The van der Waals surface area contributed by atoms with Crippen molar-refractivity contribution >= 4 is 23.2 Å². The summed E-state index contributed by atoms with van der Waals surface area (Å²) in [6, 6.07) is 14.5. The molecule has 25 heavy (non-hydrogen) atoms. The number of hydrogen-bond donors (Lipinski definition) is 3. The molecule has 1 atom stereocenters. The first-order valence-corrected chi connectivity index (χ1v) is 8.51. The lowest BCUT2D eigenvalue weighted by molar-refractivity contribution is -0.117. The van der Waals surface area contributed by atoms with Crippen LogP contribution < -0.4 is 16.4 Å². The Labute approximate surface area is 148 Å². The molecule has 0 fully saturated rings. The second-order valence-corrected chi connectivity index (χ2v) is 6.06. The molecule has 132 valence electrons. The van der Waals surface area contributed by atoms with Crippen LogP contribution in [-0.2, 0) is 16.0 Å². The Hall–Kier alpha value is -2.66. The van der Waals surface area contributed by atoms with E-state index in [0.717, 1.165) is 17.5 Å². The highest BCUT2D eigenvalue weighted by atomic mass is 16.2. The third-order valence-corrected chi connectivity index (χ3v) is 3.98. The van der Waals surface area contributed by atoms with E-state index in [2.05, 4.69) is 10.6 Å². The van der Waals surface area contributed by atoms with Gasteiger partial charge in [0.2, 0.25) is 11.8 Å². The molecule has 0 aliphatic rings. The number of anilines is 2. The maximum absolute atomic E-state index is 12.4. The van der Waals surface area contributed by atoms with Crippen LogP contribution in [0.1, 0.15) is 30.9 Å². The summed E-state index contributed by atoms with van der Waals surface area (Å²) >= 11 is 0. The van der Waals surface area contributed by atoms with Crippen LogP contribution in [0.3, 0.4) is 0 Å². The lowest BCUT2D eigenvalue weighted by Crippen LogP contribution is -2.37. The number of hydrogen-bond acceptors (Lipinski definition) is 3. The number of nitrogens with two attached hydrogens (primary N) is 1. The molecule has 0 aromatic heterocycles. The van der Waals surface area contributed by atoms with E-state index in [4.69, 9.17) is 5.73 Å². The zero-order valence-corrected chi connectivity index (χ0v) is 14.7. The Morgan fingerprint density at radius 3 is 2.28 bits per heavy atom. The van der Waals surface area contributed by atoms with Gasteiger partial charge in [-0.15, -0.1) is 0 Å². The first-order valence-electron chi connectivity index (χ1n) is 8.51. The SMILES string of the molecule is CCCC(=O)Nc1cccc(NC(=O)[C@@H](N)Cc2ccccc2)c1C. The highest BCUT2D eigenvalue weighted by molar-refractivity contribution is 5.98. The molecule has 5 nitrogen and oxygen atoms in total. The summed E-state index contributed by atoms with van der Waals surface area (Å²) in [6.07, 6.45) is 1.73. The molecule has 2 aromatic carbocycles. The summed E-state index contributed by atoms with van der Waals surface area (Å²) in [7, 11) is 0. The van der Waals surface area contributed by atoms with Crippen LogP contribution in [-0.4, -0.2) is 17.9 Å². The minimum absolute atomic E-state index is 0.0325. The fourth-order valence-corrected chi connectivity index (χ4v) is 2.53. The van der Waals surface area contributed by atoms with Gasteiger partial charge in [0.1, 0.15) is 0 Å². The summed E-state index contributed by atoms with van der Waals surface area (Å²) in [5, 5.41) is 5.73. The molecule has 0 saturated heterocycles. The van der Waals surface area contributed by atoms with Gasteiger partial charge in [0, 0.05) is 17.8 Å². The van der Waals surface area contributed by atoms with Crippen LogP contribution in [0.5, 0.6) is 0 Å². The van der Waals surface area contributed by atoms with E-state index < -0.39 is 6.04 Å². The van der Waals surface area contributed by atoms with Crippen molar-refractivity contribution in [2.75, 3.05) is 10.6 Å². The quantitative estimate of drug-likeness (QED) is 0.724. The molecule has 0 bridgehead atoms. The lowest BCUT2D eigenvalue weighted by Gasteiger charge is -2.16. The largest absolute Gasteiger partial charge is 0.326 e. The molecule has 0 radical (unpaired) electrons. The van der Waals surface area contributed by atoms with E-state index >= 15 is 0 Å². The second-order valence-electron chi connectivity index (χ2n) is 6.06. The Balaban J connectivity index is 2.04. The molecule has 2 aromatic rings. The molecule has 0 heterocycles. The zero-order valence-electron chi connectivity index (χ0n) is 14.7. The minimum Gasteiger partial charge on any atom is -0.326 e. The highest BCUT2D eigenvalue weighted by Crippen LogP contribution is 2.23. The van der Waals surface area contributed by atoms with E-state index in [0.29, 0.717) is 24.2 Å². The van der Waals surface area contributed by atoms with Crippen molar-refractivity contribution in [1.82, 2.24) is 0 Å². The predicted molar refractivity (Wildman–Crippen MR) is 101 cm³/mol. The van der Waals surface area contributed by atoms with Gasteiger partial charge < -0.3 is 16.4 Å². The number of carbonyl (C=O) groups excluding carboxylic acids is 2. The molecule has 0 saturated carbocycles. The fraction of sp³-hybridized carbons (Fsp3) is 0.300. The van der Waals surface area contributed by atoms with Crippen molar-refractivity contribution in [3.05, 3.63) is 59.7 Å². The van der Waals surface area contributed by atoms with E-state index in [1.165, 1.54) is 0 Å². The van der Waals surface area contributed by atoms with Gasteiger partial charge in [-0.2, -0.15) is 0 Å². The van der Waals surface area contributed by atoms with Gasteiger partial charge in [-0.3, -0.25) is 9.59 Å². The van der Waals surface area contributed by atoms with E-state index in [1.807, 2.05) is 50.2 Å². The van der Waals surface area contributed by atoms with Crippen LogP contribution >= 0.6 is 0 Å². The predicted octanol–water partition coefficient (Wildman–Crippen LogP) is 3.24. The lowest BCUT2D eigenvalue weighted by atomic mass is 10.1. The summed E-state index contributed by atoms with van der Waals surface area (Å²) in [5.41, 5.74) is 9.21. The third kappa shape index (κ3) is 5.43. The third-order valence-electron chi connectivity index (χ3n) is 3.98. The van der Waals surface area contributed by atoms with Crippen molar-refractivity contribution in [2.24, 2.45) is 5.73 Å². The molecule has 0 unspecified atom stereocenters. The van der Waals surface area contributed by atoms with Crippen LogP contribution in [0.25, 0.3) is 0 Å². The molecule has 0 aliphatic heterocycles. The molecule has 0 spiro atoms. The summed E-state index contributed by atoms with van der Waals surface area (Å²) in [6.45, 7) is 3.82. The van der Waals surface area contributed by atoms with Crippen LogP contribution in [0.15, 0.2) is 48.5 Å². The second kappa shape index (κ2) is 8.99. The minimum atomic E-state index is -0.639. The van der Waals surface area contributed by atoms with E-state index in [-0.39, 0.29) is 11.8 Å². The average molecular weight is 339 g/mol. The summed E-state index contributed by atoms with van der Waals surface area (Å²) < 4.78 is 0. The first-order chi connectivity index (χ1) is 12.0. The average Bonchev–Trinajstić information content (AvgIpc) is 2.59. The molecule has 0 aliphatic carbocycles. The Kier molecular flexibility index (Phi) is 6.71. The maximum atomic E-state index is 12.4. The highest BCUT2D eigenvalue weighted by Gasteiger charge is 2.16. The van der Waals surface area contributed by atoms with Gasteiger partial charge in [0.05, 0.1) is 6.04 Å². The smallest absolute Gasteiger partial charge is 0.241 e. The van der Waals surface area contributed by atoms with Gasteiger partial charge in [-0.05, 0) is 43.0 Å². The van der Waals surface area contributed by atoms with Crippen LogP contribution in [0.4, 0.5) is 11.4 Å². The van der Waals surface area contributed by atoms with Crippen molar-refractivity contribution < 1.29 is 9.59 Å². The number of nitrogens with one attached hydrogen (secondary N) is 2. The Morgan fingerprint density at radius 2 is 1.64 bits per heavy atom. The maximum Gasteiger partial charge on any atom is 0.241 e. The van der Waals surface area contributed by atoms with Crippen LogP contribution in [0.2, 0.25) is 0 Å². The van der Waals surface area contributed by atoms with Crippen molar-refractivity contribution in [3.8, 4) is 0 Å². The van der Waals surface area contributed by atoms with Gasteiger partial charge in [-0.1, -0.05) is 43.3 Å². The number of carbonyl (C=O) groups is 2. The number of amides is 2. The van der Waals surface area contributed by atoms with Crippen molar-refractivity contribution in [1.29, 1.82) is 0 Å². The van der Waals surface area contributed by atoms with E-state index in [1.54, 1.807) is 12.1 Å². The Morgan fingerprint density at radius 1 is 1.00 bits per heavy atom. The van der Waals surface area contributed by atoms with Crippen molar-refractivity contribution in [2.45, 2.75) is 39.2 Å². The van der Waals surface area contributed by atoms with Gasteiger partial charge in [-0.25, -0.2) is 0 Å². The molecule has 2 amide bonds. The monoisotopic (exact) mass is 339 g/mol.